The van der Waals surface area contributed by atoms with Gasteiger partial charge in [0.1, 0.15) is 23.8 Å². The fraction of sp³-hybridized carbons (Fsp3) is 0.500. The number of ether oxygens (including phenoxy) is 2. The SMILES string of the molecule is CNc1cc(N2CCC[C@H]2CNCc2c(F)ccc(C3OCCO3)c2Cl)ncn1. The Morgan fingerprint density at radius 1 is 1.28 bits per heavy atom. The summed E-state index contributed by atoms with van der Waals surface area (Å²) in [6, 6.07) is 5.27. The quantitative estimate of drug-likeness (QED) is 0.711. The van der Waals surface area contributed by atoms with Crippen molar-refractivity contribution in [1.29, 1.82) is 0 Å². The molecule has 0 saturated carbocycles. The molecule has 0 bridgehead atoms. The summed E-state index contributed by atoms with van der Waals surface area (Å²) in [4.78, 5) is 10.9. The lowest BCUT2D eigenvalue weighted by atomic mass is 10.1. The second-order valence-corrected chi connectivity index (χ2v) is 7.51. The molecule has 0 amide bonds. The molecule has 2 aliphatic heterocycles. The highest BCUT2D eigenvalue weighted by molar-refractivity contribution is 6.32. The van der Waals surface area contributed by atoms with E-state index in [2.05, 4.69) is 25.5 Å². The first-order chi connectivity index (χ1) is 14.2. The van der Waals surface area contributed by atoms with E-state index in [0.717, 1.165) is 31.0 Å². The van der Waals surface area contributed by atoms with Gasteiger partial charge >= 0.3 is 0 Å². The molecule has 1 atom stereocenters. The number of anilines is 2. The molecule has 1 aromatic carbocycles. The lowest BCUT2D eigenvalue weighted by molar-refractivity contribution is -0.0441. The molecule has 29 heavy (non-hydrogen) atoms. The van der Waals surface area contributed by atoms with Crippen LogP contribution in [0.15, 0.2) is 24.5 Å². The minimum atomic E-state index is -0.522. The summed E-state index contributed by atoms with van der Waals surface area (Å²) in [6.45, 7) is 3.01. The smallest absolute Gasteiger partial charge is 0.185 e. The predicted molar refractivity (Wildman–Crippen MR) is 110 cm³/mol. The Morgan fingerprint density at radius 3 is 2.90 bits per heavy atom. The average Bonchev–Trinajstić information content (AvgIpc) is 3.43. The first-order valence-electron chi connectivity index (χ1n) is 9.84. The molecule has 4 rings (SSSR count). The van der Waals surface area contributed by atoms with Gasteiger partial charge in [0.25, 0.3) is 0 Å². The zero-order chi connectivity index (χ0) is 20.2. The third-order valence-electron chi connectivity index (χ3n) is 5.35. The molecule has 0 radical (unpaired) electrons. The zero-order valence-electron chi connectivity index (χ0n) is 16.3. The van der Waals surface area contributed by atoms with E-state index in [0.29, 0.717) is 42.5 Å². The van der Waals surface area contributed by atoms with Gasteiger partial charge in [-0.05, 0) is 25.0 Å². The van der Waals surface area contributed by atoms with Gasteiger partial charge in [0, 0.05) is 49.9 Å². The van der Waals surface area contributed by atoms with Crippen LogP contribution in [-0.4, -0.2) is 49.4 Å². The molecule has 156 valence electrons. The highest BCUT2D eigenvalue weighted by Crippen LogP contribution is 2.33. The summed E-state index contributed by atoms with van der Waals surface area (Å²) in [5, 5.41) is 6.77. The molecule has 2 aliphatic rings. The van der Waals surface area contributed by atoms with Gasteiger partial charge in [-0.25, -0.2) is 14.4 Å². The number of hydrogen-bond acceptors (Lipinski definition) is 7. The Balaban J connectivity index is 1.41. The Hall–Kier alpha value is -2.00. The summed E-state index contributed by atoms with van der Waals surface area (Å²) >= 11 is 6.47. The first-order valence-corrected chi connectivity index (χ1v) is 10.2. The second-order valence-electron chi connectivity index (χ2n) is 7.13. The van der Waals surface area contributed by atoms with E-state index in [1.807, 2.05) is 13.1 Å². The van der Waals surface area contributed by atoms with Gasteiger partial charge < -0.3 is 25.0 Å². The molecular weight excluding hydrogens is 397 g/mol. The molecule has 7 nitrogen and oxygen atoms in total. The third-order valence-corrected chi connectivity index (χ3v) is 5.80. The van der Waals surface area contributed by atoms with Gasteiger partial charge in [-0.2, -0.15) is 0 Å². The van der Waals surface area contributed by atoms with Crippen LogP contribution in [0.5, 0.6) is 0 Å². The molecular formula is C20H25ClFN5O2. The van der Waals surface area contributed by atoms with Crippen LogP contribution in [0, 0.1) is 5.82 Å². The molecule has 9 heteroatoms. The topological polar surface area (TPSA) is 71.5 Å². The van der Waals surface area contributed by atoms with Crippen LogP contribution in [0.1, 0.15) is 30.3 Å². The van der Waals surface area contributed by atoms with Crippen molar-refractivity contribution >= 4 is 23.2 Å². The lowest BCUT2D eigenvalue weighted by Gasteiger charge is -2.26. The number of hydrogen-bond donors (Lipinski definition) is 2. The maximum Gasteiger partial charge on any atom is 0.185 e. The fourth-order valence-electron chi connectivity index (χ4n) is 3.85. The number of nitrogens with zero attached hydrogens (tertiary/aromatic N) is 3. The van der Waals surface area contributed by atoms with Crippen molar-refractivity contribution in [3.63, 3.8) is 0 Å². The van der Waals surface area contributed by atoms with E-state index >= 15 is 0 Å². The number of benzene rings is 1. The van der Waals surface area contributed by atoms with Gasteiger partial charge in [-0.15, -0.1) is 0 Å². The number of rotatable bonds is 7. The summed E-state index contributed by atoms with van der Waals surface area (Å²) in [5.41, 5.74) is 1.11. The van der Waals surface area contributed by atoms with Crippen LogP contribution in [-0.2, 0) is 16.0 Å². The Kier molecular flexibility index (Phi) is 6.44. The van der Waals surface area contributed by atoms with Crippen molar-refractivity contribution in [3.8, 4) is 0 Å². The van der Waals surface area contributed by atoms with Gasteiger partial charge in [0.15, 0.2) is 6.29 Å². The van der Waals surface area contributed by atoms with Crippen molar-refractivity contribution in [3.05, 3.63) is 46.5 Å². The molecule has 0 aliphatic carbocycles. The standard InChI is InChI=1S/C20H25ClFN5O2/c1-23-17-9-18(26-12-25-17)27-6-2-3-13(27)10-24-11-15-16(22)5-4-14(19(15)21)20-28-7-8-29-20/h4-5,9,12-13,20,24H,2-3,6-8,10-11H2,1H3,(H,23,25,26)/t13-/m0/s1. The Morgan fingerprint density at radius 2 is 2.10 bits per heavy atom. The summed E-state index contributed by atoms with van der Waals surface area (Å²) in [6.07, 6.45) is 3.18. The molecule has 1 aromatic heterocycles. The molecule has 2 N–H and O–H groups in total. The van der Waals surface area contributed by atoms with Crippen molar-refractivity contribution < 1.29 is 13.9 Å². The number of halogens is 2. The van der Waals surface area contributed by atoms with Crippen LogP contribution in [0.3, 0.4) is 0 Å². The van der Waals surface area contributed by atoms with Crippen LogP contribution in [0.25, 0.3) is 0 Å². The predicted octanol–water partition coefficient (Wildman–Crippen LogP) is 3.11. The average molecular weight is 422 g/mol. The van der Waals surface area contributed by atoms with Crippen LogP contribution < -0.4 is 15.5 Å². The van der Waals surface area contributed by atoms with E-state index in [-0.39, 0.29) is 11.9 Å². The van der Waals surface area contributed by atoms with Crippen LogP contribution in [0.4, 0.5) is 16.0 Å². The summed E-state index contributed by atoms with van der Waals surface area (Å²) in [7, 11) is 1.84. The Labute approximate surface area is 174 Å². The van der Waals surface area contributed by atoms with Crippen LogP contribution in [0.2, 0.25) is 5.02 Å². The molecule has 2 aromatic rings. The summed E-state index contributed by atoms with van der Waals surface area (Å²) < 4.78 is 25.4. The van der Waals surface area contributed by atoms with E-state index in [9.17, 15) is 4.39 Å². The highest BCUT2D eigenvalue weighted by Gasteiger charge is 2.27. The zero-order valence-corrected chi connectivity index (χ0v) is 17.1. The van der Waals surface area contributed by atoms with Crippen molar-refractivity contribution in [2.45, 2.75) is 31.7 Å². The maximum absolute atomic E-state index is 14.4. The van der Waals surface area contributed by atoms with Crippen LogP contribution >= 0.6 is 11.6 Å². The molecule has 3 heterocycles. The molecule has 2 saturated heterocycles. The second kappa shape index (κ2) is 9.21. The van der Waals surface area contributed by atoms with Gasteiger partial charge in [0.05, 0.1) is 18.2 Å². The number of nitrogens with one attached hydrogen (secondary N) is 2. The largest absolute Gasteiger partial charge is 0.373 e. The van der Waals surface area contributed by atoms with Crippen molar-refractivity contribution in [2.24, 2.45) is 0 Å². The third kappa shape index (κ3) is 4.45. The first kappa shape index (κ1) is 20.3. The Bertz CT molecular complexity index is 850. The maximum atomic E-state index is 14.4. The minimum Gasteiger partial charge on any atom is -0.373 e. The number of aromatic nitrogens is 2. The normalized spacial score (nSPS) is 19.8. The van der Waals surface area contributed by atoms with Gasteiger partial charge in [-0.1, -0.05) is 11.6 Å². The monoisotopic (exact) mass is 421 g/mol. The molecule has 2 fully saturated rings. The van der Waals surface area contributed by atoms with Gasteiger partial charge in [0.2, 0.25) is 0 Å². The minimum absolute atomic E-state index is 0.279. The molecule has 0 spiro atoms. The molecule has 0 unspecified atom stereocenters. The summed E-state index contributed by atoms with van der Waals surface area (Å²) in [5.74, 6) is 1.35. The lowest BCUT2D eigenvalue weighted by Crippen LogP contribution is -2.38. The highest BCUT2D eigenvalue weighted by atomic mass is 35.5. The van der Waals surface area contributed by atoms with E-state index < -0.39 is 6.29 Å². The van der Waals surface area contributed by atoms with Crippen molar-refractivity contribution in [1.82, 2.24) is 15.3 Å². The van der Waals surface area contributed by atoms with E-state index in [4.69, 9.17) is 21.1 Å². The van der Waals surface area contributed by atoms with E-state index in [1.165, 1.54) is 6.07 Å². The van der Waals surface area contributed by atoms with E-state index in [1.54, 1.807) is 12.4 Å². The fourth-order valence-corrected chi connectivity index (χ4v) is 4.16. The van der Waals surface area contributed by atoms with Gasteiger partial charge in [-0.3, -0.25) is 0 Å². The van der Waals surface area contributed by atoms with Crippen molar-refractivity contribution in [2.75, 3.05) is 43.6 Å².